The fraction of sp³-hybridized carbons (Fsp3) is 0.227. The van der Waals surface area contributed by atoms with E-state index in [9.17, 15) is 4.79 Å². The first-order valence-corrected chi connectivity index (χ1v) is 9.32. The fourth-order valence-corrected chi connectivity index (χ4v) is 3.27. The van der Waals surface area contributed by atoms with Gasteiger partial charge in [-0.15, -0.1) is 0 Å². The third-order valence-electron chi connectivity index (χ3n) is 4.76. The third-order valence-corrected chi connectivity index (χ3v) is 4.76. The van der Waals surface area contributed by atoms with Crippen LogP contribution in [0.15, 0.2) is 52.0 Å². The van der Waals surface area contributed by atoms with Crippen molar-refractivity contribution in [2.75, 3.05) is 0 Å². The molecule has 0 spiro atoms. The molecule has 0 bridgehead atoms. The first kappa shape index (κ1) is 18.7. The summed E-state index contributed by atoms with van der Waals surface area (Å²) < 4.78 is 6.80. The highest BCUT2D eigenvalue weighted by molar-refractivity contribution is 5.63. The maximum absolute atomic E-state index is 12.7. The summed E-state index contributed by atoms with van der Waals surface area (Å²) in [5.41, 5.74) is 6.57. The molecule has 0 fully saturated rings. The highest BCUT2D eigenvalue weighted by Gasteiger charge is 2.17. The standard InChI is InChI=1S/C22H21N5O2/c1-13-5-6-17(10-23-13)22-20(16(4)29-26-22)12-27-21(28)9-19(11-24-27)18-7-14(2)25-15(3)8-18/h5-11H,12H2,1-4H3. The van der Waals surface area contributed by atoms with Gasteiger partial charge >= 0.3 is 0 Å². The second-order valence-electron chi connectivity index (χ2n) is 7.13. The van der Waals surface area contributed by atoms with E-state index in [0.29, 0.717) is 11.5 Å². The summed E-state index contributed by atoms with van der Waals surface area (Å²) in [6, 6.07) is 9.34. The lowest BCUT2D eigenvalue weighted by Crippen LogP contribution is -2.23. The molecule has 0 amide bonds. The quantitative estimate of drug-likeness (QED) is 0.531. The molecule has 0 N–H and O–H groups in total. The van der Waals surface area contributed by atoms with Crippen LogP contribution < -0.4 is 5.56 Å². The van der Waals surface area contributed by atoms with Gasteiger partial charge in [0.05, 0.1) is 12.7 Å². The molecule has 0 aliphatic rings. The van der Waals surface area contributed by atoms with E-state index >= 15 is 0 Å². The van der Waals surface area contributed by atoms with Crippen LogP contribution in [0.5, 0.6) is 0 Å². The van der Waals surface area contributed by atoms with Gasteiger partial charge in [0.25, 0.3) is 5.56 Å². The van der Waals surface area contributed by atoms with Gasteiger partial charge in [-0.1, -0.05) is 5.16 Å². The van der Waals surface area contributed by atoms with Crippen molar-refractivity contribution in [3.63, 3.8) is 0 Å². The number of pyridine rings is 2. The number of aryl methyl sites for hydroxylation is 4. The number of hydrogen-bond donors (Lipinski definition) is 0. The molecule has 4 rings (SSSR count). The Morgan fingerprint density at radius 1 is 0.897 bits per heavy atom. The summed E-state index contributed by atoms with van der Waals surface area (Å²) in [5, 5.41) is 8.54. The molecule has 0 atom stereocenters. The van der Waals surface area contributed by atoms with Crippen molar-refractivity contribution >= 4 is 0 Å². The van der Waals surface area contributed by atoms with Gasteiger partial charge in [0.2, 0.25) is 0 Å². The molecule has 0 saturated heterocycles. The first-order valence-electron chi connectivity index (χ1n) is 9.32. The highest BCUT2D eigenvalue weighted by atomic mass is 16.5. The van der Waals surface area contributed by atoms with Crippen LogP contribution in [0.3, 0.4) is 0 Å². The Morgan fingerprint density at radius 2 is 1.66 bits per heavy atom. The minimum atomic E-state index is -0.191. The van der Waals surface area contributed by atoms with Crippen LogP contribution in [0.25, 0.3) is 22.4 Å². The molecule has 0 saturated carbocycles. The van der Waals surface area contributed by atoms with Crippen molar-refractivity contribution in [1.82, 2.24) is 24.9 Å². The fourth-order valence-electron chi connectivity index (χ4n) is 3.27. The summed E-state index contributed by atoms with van der Waals surface area (Å²) >= 11 is 0. The number of hydrogen-bond acceptors (Lipinski definition) is 6. The van der Waals surface area contributed by atoms with E-state index in [1.807, 2.05) is 52.0 Å². The van der Waals surface area contributed by atoms with Crippen molar-refractivity contribution in [3.8, 4) is 22.4 Å². The Labute approximate surface area is 168 Å². The molecule has 146 valence electrons. The molecule has 4 aromatic heterocycles. The lowest BCUT2D eigenvalue weighted by molar-refractivity contribution is 0.397. The molecule has 4 heterocycles. The number of nitrogens with zero attached hydrogens (tertiary/aromatic N) is 5. The zero-order valence-electron chi connectivity index (χ0n) is 16.8. The second-order valence-corrected chi connectivity index (χ2v) is 7.13. The Hall–Kier alpha value is -3.61. The predicted molar refractivity (Wildman–Crippen MR) is 110 cm³/mol. The van der Waals surface area contributed by atoms with E-state index in [1.165, 1.54) is 4.68 Å². The molecule has 4 aromatic rings. The summed E-state index contributed by atoms with van der Waals surface area (Å²) in [6.07, 6.45) is 3.45. The van der Waals surface area contributed by atoms with E-state index in [2.05, 4.69) is 20.2 Å². The van der Waals surface area contributed by atoms with E-state index in [-0.39, 0.29) is 12.1 Å². The molecule has 0 aliphatic carbocycles. The Balaban J connectivity index is 1.68. The minimum Gasteiger partial charge on any atom is -0.361 e. The molecule has 0 radical (unpaired) electrons. The number of aromatic nitrogens is 5. The largest absolute Gasteiger partial charge is 0.361 e. The molecule has 0 unspecified atom stereocenters. The third kappa shape index (κ3) is 3.85. The van der Waals surface area contributed by atoms with Crippen LogP contribution in [-0.2, 0) is 6.54 Å². The normalized spacial score (nSPS) is 11.0. The zero-order valence-corrected chi connectivity index (χ0v) is 16.8. The molecular weight excluding hydrogens is 366 g/mol. The summed E-state index contributed by atoms with van der Waals surface area (Å²) in [5.74, 6) is 0.652. The Kier molecular flexibility index (Phi) is 4.80. The summed E-state index contributed by atoms with van der Waals surface area (Å²) in [4.78, 5) is 21.4. The van der Waals surface area contributed by atoms with Crippen LogP contribution in [0.1, 0.15) is 28.4 Å². The maximum Gasteiger partial charge on any atom is 0.267 e. The molecular formula is C22H21N5O2. The van der Waals surface area contributed by atoms with Crippen LogP contribution in [0.4, 0.5) is 0 Å². The van der Waals surface area contributed by atoms with Gasteiger partial charge < -0.3 is 4.52 Å². The van der Waals surface area contributed by atoms with Gasteiger partial charge in [0, 0.05) is 46.0 Å². The van der Waals surface area contributed by atoms with Crippen molar-refractivity contribution < 1.29 is 4.52 Å². The average Bonchev–Trinajstić information content (AvgIpc) is 3.04. The SMILES string of the molecule is Cc1ccc(-c2noc(C)c2Cn2ncc(-c3cc(C)nc(C)c3)cc2=O)cn1. The van der Waals surface area contributed by atoms with Crippen LogP contribution in [0.2, 0.25) is 0 Å². The average molecular weight is 387 g/mol. The highest BCUT2D eigenvalue weighted by Crippen LogP contribution is 2.25. The molecule has 0 aliphatic heterocycles. The zero-order chi connectivity index (χ0) is 20.5. The topological polar surface area (TPSA) is 86.7 Å². The van der Waals surface area contributed by atoms with E-state index in [1.54, 1.807) is 18.5 Å². The van der Waals surface area contributed by atoms with Crippen LogP contribution in [0, 0.1) is 27.7 Å². The van der Waals surface area contributed by atoms with Gasteiger partial charge in [0.1, 0.15) is 11.5 Å². The van der Waals surface area contributed by atoms with Crippen LogP contribution >= 0.6 is 0 Å². The van der Waals surface area contributed by atoms with E-state index in [4.69, 9.17) is 4.52 Å². The monoisotopic (exact) mass is 387 g/mol. The molecule has 7 heteroatoms. The van der Waals surface area contributed by atoms with Gasteiger partial charge in [-0.2, -0.15) is 5.10 Å². The lowest BCUT2D eigenvalue weighted by atomic mass is 10.1. The summed E-state index contributed by atoms with van der Waals surface area (Å²) in [6.45, 7) is 7.89. The number of rotatable bonds is 4. The van der Waals surface area contributed by atoms with Crippen LogP contribution in [-0.4, -0.2) is 24.9 Å². The lowest BCUT2D eigenvalue weighted by Gasteiger charge is -2.08. The Morgan fingerprint density at radius 3 is 2.31 bits per heavy atom. The minimum absolute atomic E-state index is 0.191. The van der Waals surface area contributed by atoms with Crippen molar-refractivity contribution in [2.45, 2.75) is 34.2 Å². The first-order chi connectivity index (χ1) is 13.9. The molecule has 0 aromatic carbocycles. The van der Waals surface area contributed by atoms with Crippen molar-refractivity contribution in [2.24, 2.45) is 0 Å². The predicted octanol–water partition coefficient (Wildman–Crippen LogP) is 3.64. The van der Waals surface area contributed by atoms with Gasteiger partial charge in [-0.3, -0.25) is 14.8 Å². The van der Waals surface area contributed by atoms with Gasteiger partial charge in [-0.05, 0) is 57.5 Å². The molecule has 7 nitrogen and oxygen atoms in total. The van der Waals surface area contributed by atoms with Crippen molar-refractivity contribution in [3.05, 3.63) is 81.5 Å². The smallest absolute Gasteiger partial charge is 0.267 e. The van der Waals surface area contributed by atoms with E-state index in [0.717, 1.165) is 39.3 Å². The van der Waals surface area contributed by atoms with Gasteiger partial charge in [0.15, 0.2) is 0 Å². The van der Waals surface area contributed by atoms with Crippen molar-refractivity contribution in [1.29, 1.82) is 0 Å². The van der Waals surface area contributed by atoms with E-state index < -0.39 is 0 Å². The maximum atomic E-state index is 12.7. The Bertz CT molecular complexity index is 1220. The van der Waals surface area contributed by atoms with Gasteiger partial charge in [-0.25, -0.2) is 4.68 Å². The summed E-state index contributed by atoms with van der Waals surface area (Å²) in [7, 11) is 0. The second kappa shape index (κ2) is 7.43. The molecule has 29 heavy (non-hydrogen) atoms.